The molecule has 1 aromatic carbocycles. The minimum atomic E-state index is 0.286. The summed E-state index contributed by atoms with van der Waals surface area (Å²) < 4.78 is 5.87. The zero-order valence-corrected chi connectivity index (χ0v) is 12.6. The molecule has 108 valence electrons. The zero-order chi connectivity index (χ0) is 14.5. The molecule has 0 unspecified atom stereocenters. The lowest BCUT2D eigenvalue weighted by molar-refractivity contribution is 0.0965. The largest absolute Gasteiger partial charge is 0.467 e. The van der Waals surface area contributed by atoms with Gasteiger partial charge in [-0.15, -0.1) is 0 Å². The van der Waals surface area contributed by atoms with Crippen LogP contribution in [-0.4, -0.2) is 29.1 Å². The second kappa shape index (κ2) is 6.70. The molecule has 2 heterocycles. The van der Waals surface area contributed by atoms with E-state index < -0.39 is 0 Å². The van der Waals surface area contributed by atoms with Crippen molar-refractivity contribution < 1.29 is 4.74 Å². The Labute approximate surface area is 128 Å². The molecule has 0 radical (unpaired) electrons. The van der Waals surface area contributed by atoms with Crippen molar-refractivity contribution in [3.8, 4) is 11.3 Å². The minimum absolute atomic E-state index is 0.286. The van der Waals surface area contributed by atoms with E-state index in [0.717, 1.165) is 37.7 Å². The number of nitrogens with zero attached hydrogens (tertiary/aromatic N) is 3. The number of rotatable bonds is 4. The van der Waals surface area contributed by atoms with E-state index in [1.807, 2.05) is 29.6 Å². The first kappa shape index (κ1) is 14.1. The first-order chi connectivity index (χ1) is 10.3. The summed E-state index contributed by atoms with van der Waals surface area (Å²) in [5.41, 5.74) is 1.97. The molecule has 0 atom stereocenters. The third-order valence-corrected chi connectivity index (χ3v) is 4.36. The van der Waals surface area contributed by atoms with Crippen molar-refractivity contribution in [2.45, 2.75) is 25.5 Å². The Hall–Kier alpha value is -1.90. The van der Waals surface area contributed by atoms with Crippen LogP contribution in [0.1, 0.15) is 24.0 Å². The van der Waals surface area contributed by atoms with Crippen LogP contribution in [0.15, 0.2) is 35.8 Å². The molecule has 1 aliphatic rings. The molecule has 3 rings (SSSR count). The molecule has 1 saturated heterocycles. The van der Waals surface area contributed by atoms with Crippen LogP contribution in [-0.2, 0) is 6.54 Å². The highest BCUT2D eigenvalue weighted by atomic mass is 32.1. The summed E-state index contributed by atoms with van der Waals surface area (Å²) >= 11 is 1.55. The summed E-state index contributed by atoms with van der Waals surface area (Å²) in [6, 6.07) is 9.99. The molecule has 1 aliphatic heterocycles. The van der Waals surface area contributed by atoms with Crippen molar-refractivity contribution in [2.24, 2.45) is 0 Å². The van der Waals surface area contributed by atoms with Gasteiger partial charge in [0.1, 0.15) is 6.10 Å². The van der Waals surface area contributed by atoms with Gasteiger partial charge in [0.15, 0.2) is 0 Å². The van der Waals surface area contributed by atoms with E-state index in [1.54, 1.807) is 17.5 Å². The highest BCUT2D eigenvalue weighted by Gasteiger charge is 2.21. The van der Waals surface area contributed by atoms with Gasteiger partial charge in [-0.25, -0.2) is 4.98 Å². The molecule has 2 aromatic rings. The molecular weight excluding hydrogens is 282 g/mol. The van der Waals surface area contributed by atoms with Crippen molar-refractivity contribution >= 4 is 11.3 Å². The summed E-state index contributed by atoms with van der Waals surface area (Å²) in [7, 11) is 0. The monoisotopic (exact) mass is 299 g/mol. The van der Waals surface area contributed by atoms with Gasteiger partial charge >= 0.3 is 0 Å². The van der Waals surface area contributed by atoms with Crippen LogP contribution in [0.25, 0.3) is 0 Å². The second-order valence-corrected chi connectivity index (χ2v) is 6.06. The predicted octanol–water partition coefficient (Wildman–Crippen LogP) is 3.06. The molecule has 0 saturated carbocycles. The van der Waals surface area contributed by atoms with Crippen LogP contribution >= 0.6 is 11.3 Å². The second-order valence-electron chi connectivity index (χ2n) is 5.20. The van der Waals surface area contributed by atoms with Gasteiger partial charge in [0, 0.05) is 31.2 Å². The van der Waals surface area contributed by atoms with Crippen LogP contribution in [0, 0.1) is 11.3 Å². The number of hydrogen-bond acceptors (Lipinski definition) is 5. The van der Waals surface area contributed by atoms with Gasteiger partial charge in [-0.2, -0.15) is 5.26 Å². The molecule has 5 heteroatoms. The zero-order valence-electron chi connectivity index (χ0n) is 11.7. The normalized spacial score (nSPS) is 16.5. The van der Waals surface area contributed by atoms with Gasteiger partial charge in [-0.3, -0.25) is 4.90 Å². The number of ether oxygens (including phenoxy) is 1. The molecule has 1 aromatic heterocycles. The fraction of sp³-hybridized carbons (Fsp3) is 0.375. The highest BCUT2D eigenvalue weighted by Crippen LogP contribution is 2.21. The number of hydrogen-bond donors (Lipinski definition) is 0. The smallest absolute Gasteiger partial charge is 0.273 e. The summed E-state index contributed by atoms with van der Waals surface area (Å²) in [4.78, 5) is 6.60. The summed E-state index contributed by atoms with van der Waals surface area (Å²) in [6.45, 7) is 3.02. The fourth-order valence-electron chi connectivity index (χ4n) is 2.54. The fourth-order valence-corrected chi connectivity index (χ4v) is 3.09. The van der Waals surface area contributed by atoms with Crippen molar-refractivity contribution in [1.82, 2.24) is 9.88 Å². The van der Waals surface area contributed by atoms with Gasteiger partial charge in [0.05, 0.1) is 11.6 Å². The number of aromatic nitrogens is 1. The van der Waals surface area contributed by atoms with Crippen molar-refractivity contribution in [1.29, 1.82) is 5.26 Å². The lowest BCUT2D eigenvalue weighted by Crippen LogP contribution is -2.37. The lowest BCUT2D eigenvalue weighted by Gasteiger charge is -2.31. The summed E-state index contributed by atoms with van der Waals surface area (Å²) in [5.74, 6) is 0. The maximum atomic E-state index is 8.81. The Morgan fingerprint density at radius 3 is 2.67 bits per heavy atom. The van der Waals surface area contributed by atoms with Gasteiger partial charge in [-0.05, 0) is 30.5 Å². The first-order valence-corrected chi connectivity index (χ1v) is 7.99. The predicted molar refractivity (Wildman–Crippen MR) is 82.2 cm³/mol. The summed E-state index contributed by atoms with van der Waals surface area (Å²) in [6.07, 6.45) is 4.14. The summed E-state index contributed by atoms with van der Waals surface area (Å²) in [5, 5.41) is 11.5. The van der Waals surface area contributed by atoms with Gasteiger partial charge in [0.2, 0.25) is 0 Å². The number of piperidine rings is 1. The van der Waals surface area contributed by atoms with Gasteiger partial charge in [0.25, 0.3) is 5.19 Å². The Balaban J connectivity index is 1.48. The van der Waals surface area contributed by atoms with Crippen molar-refractivity contribution in [3.63, 3.8) is 0 Å². The Morgan fingerprint density at radius 2 is 2.05 bits per heavy atom. The Kier molecular flexibility index (Phi) is 4.49. The Bertz CT molecular complexity index is 595. The Morgan fingerprint density at radius 1 is 1.29 bits per heavy atom. The quantitative estimate of drug-likeness (QED) is 0.870. The van der Waals surface area contributed by atoms with E-state index in [9.17, 15) is 0 Å². The van der Waals surface area contributed by atoms with Crippen LogP contribution in [0.5, 0.6) is 5.19 Å². The van der Waals surface area contributed by atoms with Crippen molar-refractivity contribution in [2.75, 3.05) is 13.1 Å². The SMILES string of the molecule is N#Cc1ccc(CN2CCC(Oc3nccs3)CC2)cc1. The van der Waals surface area contributed by atoms with Crippen LogP contribution < -0.4 is 4.74 Å². The number of thiazole rings is 1. The number of nitriles is 1. The molecule has 21 heavy (non-hydrogen) atoms. The van der Waals surface area contributed by atoms with E-state index in [2.05, 4.69) is 16.0 Å². The third kappa shape index (κ3) is 3.81. The van der Waals surface area contributed by atoms with Crippen LogP contribution in [0.4, 0.5) is 0 Å². The number of benzene rings is 1. The lowest BCUT2D eigenvalue weighted by atomic mass is 10.1. The van der Waals surface area contributed by atoms with Crippen LogP contribution in [0.3, 0.4) is 0 Å². The van der Waals surface area contributed by atoms with Crippen LogP contribution in [0.2, 0.25) is 0 Å². The maximum absolute atomic E-state index is 8.81. The van der Waals surface area contributed by atoms with E-state index in [-0.39, 0.29) is 6.10 Å². The van der Waals surface area contributed by atoms with Gasteiger partial charge < -0.3 is 4.74 Å². The topological polar surface area (TPSA) is 49.2 Å². The maximum Gasteiger partial charge on any atom is 0.273 e. The van der Waals surface area contributed by atoms with E-state index in [4.69, 9.17) is 10.00 Å². The standard InChI is InChI=1S/C16H17N3OS/c17-11-13-1-3-14(4-2-13)12-19-8-5-15(6-9-19)20-16-18-7-10-21-16/h1-4,7,10,15H,5-6,8-9,12H2. The minimum Gasteiger partial charge on any atom is -0.467 e. The molecular formula is C16H17N3OS. The average molecular weight is 299 g/mol. The molecule has 0 N–H and O–H groups in total. The molecule has 1 fully saturated rings. The van der Waals surface area contributed by atoms with E-state index in [1.165, 1.54) is 5.56 Å². The highest BCUT2D eigenvalue weighted by molar-refractivity contribution is 7.11. The molecule has 0 bridgehead atoms. The molecule has 4 nitrogen and oxygen atoms in total. The molecule has 0 aliphatic carbocycles. The molecule has 0 spiro atoms. The third-order valence-electron chi connectivity index (χ3n) is 3.70. The van der Waals surface area contributed by atoms with Gasteiger partial charge in [-0.1, -0.05) is 23.5 Å². The van der Waals surface area contributed by atoms with Crippen molar-refractivity contribution in [3.05, 3.63) is 47.0 Å². The van der Waals surface area contributed by atoms with E-state index >= 15 is 0 Å². The first-order valence-electron chi connectivity index (χ1n) is 7.11. The average Bonchev–Trinajstić information content (AvgIpc) is 3.03. The number of likely N-dealkylation sites (tertiary alicyclic amines) is 1. The molecule has 0 amide bonds. The van der Waals surface area contributed by atoms with E-state index in [0.29, 0.717) is 5.56 Å².